The van der Waals surface area contributed by atoms with Crippen LogP contribution in [-0.2, 0) is 11.3 Å². The summed E-state index contributed by atoms with van der Waals surface area (Å²) in [5.74, 6) is 1.17. The molecule has 0 unspecified atom stereocenters. The molecule has 0 radical (unpaired) electrons. The fourth-order valence-electron chi connectivity index (χ4n) is 2.32. The van der Waals surface area contributed by atoms with Gasteiger partial charge in [-0.1, -0.05) is 6.92 Å². The van der Waals surface area contributed by atoms with E-state index in [1.165, 1.54) is 6.07 Å². The Morgan fingerprint density at radius 3 is 2.64 bits per heavy atom. The smallest absolute Gasteiger partial charge is 0.387 e. The van der Waals surface area contributed by atoms with Gasteiger partial charge in [0.05, 0.1) is 13.2 Å². The molecule has 1 rings (SSSR count). The number of hydrogen-bond acceptors (Lipinski definition) is 5. The average Bonchev–Trinajstić information content (AvgIpc) is 2.67. The highest BCUT2D eigenvalue weighted by Gasteiger charge is 2.12. The SMILES string of the molecule is CCCOc1ccc(CNC(=NC)NCCN(C)CCOC)c(OC(F)F)c1. The molecular weight excluding hydrogens is 370 g/mol. The molecule has 0 spiro atoms. The minimum absolute atomic E-state index is 0.0888. The molecule has 0 heterocycles. The monoisotopic (exact) mass is 402 g/mol. The maximum Gasteiger partial charge on any atom is 0.387 e. The van der Waals surface area contributed by atoms with E-state index in [0.717, 1.165) is 19.5 Å². The number of alkyl halides is 2. The number of nitrogens with zero attached hydrogens (tertiary/aromatic N) is 2. The van der Waals surface area contributed by atoms with E-state index in [2.05, 4.69) is 25.3 Å². The standard InChI is InChI=1S/C19H32F2N4O3/c1-5-11-27-16-7-6-15(17(13-16)28-18(20)21)14-24-19(22-2)23-8-9-25(3)10-12-26-4/h6-7,13,18H,5,8-12,14H2,1-4H3,(H2,22,23,24). The topological polar surface area (TPSA) is 67.4 Å². The second kappa shape index (κ2) is 14.0. The molecule has 9 heteroatoms. The minimum atomic E-state index is -2.90. The molecule has 160 valence electrons. The van der Waals surface area contributed by atoms with Crippen LogP contribution < -0.4 is 20.1 Å². The average molecular weight is 402 g/mol. The zero-order chi connectivity index (χ0) is 20.8. The summed E-state index contributed by atoms with van der Waals surface area (Å²) in [7, 11) is 5.33. The minimum Gasteiger partial charge on any atom is -0.493 e. The molecule has 0 amide bonds. The molecule has 0 aliphatic carbocycles. The highest BCUT2D eigenvalue weighted by molar-refractivity contribution is 5.79. The van der Waals surface area contributed by atoms with Crippen molar-refractivity contribution in [3.63, 3.8) is 0 Å². The molecular formula is C19H32F2N4O3. The molecule has 0 atom stereocenters. The van der Waals surface area contributed by atoms with Gasteiger partial charge in [-0.15, -0.1) is 0 Å². The Morgan fingerprint density at radius 2 is 2.00 bits per heavy atom. The van der Waals surface area contributed by atoms with Crippen LogP contribution in [0, 0.1) is 0 Å². The lowest BCUT2D eigenvalue weighted by atomic mass is 10.2. The van der Waals surface area contributed by atoms with Crippen LogP contribution in [0.15, 0.2) is 23.2 Å². The third kappa shape index (κ3) is 9.70. The molecule has 7 nitrogen and oxygen atoms in total. The number of hydrogen-bond donors (Lipinski definition) is 2. The number of ether oxygens (including phenoxy) is 3. The predicted octanol–water partition coefficient (Wildman–Crippen LogP) is 2.32. The maximum atomic E-state index is 12.7. The molecule has 0 bridgehead atoms. The summed E-state index contributed by atoms with van der Waals surface area (Å²) in [5.41, 5.74) is 0.587. The fourth-order valence-corrected chi connectivity index (χ4v) is 2.32. The Labute approximate surface area is 166 Å². The number of likely N-dealkylation sites (N-methyl/N-ethyl adjacent to an activating group) is 1. The van der Waals surface area contributed by atoms with Crippen LogP contribution in [0.3, 0.4) is 0 Å². The molecule has 28 heavy (non-hydrogen) atoms. The third-order valence-electron chi connectivity index (χ3n) is 3.86. The number of rotatable bonds is 13. The van der Waals surface area contributed by atoms with Gasteiger partial charge in [-0.3, -0.25) is 4.99 Å². The van der Waals surface area contributed by atoms with E-state index in [0.29, 0.717) is 37.0 Å². The zero-order valence-electron chi connectivity index (χ0n) is 17.1. The van der Waals surface area contributed by atoms with Gasteiger partial charge in [0.2, 0.25) is 0 Å². The summed E-state index contributed by atoms with van der Waals surface area (Å²) in [6.07, 6.45) is 0.830. The van der Waals surface area contributed by atoms with E-state index in [1.54, 1.807) is 26.3 Å². The summed E-state index contributed by atoms with van der Waals surface area (Å²) < 4.78 is 40.7. The van der Waals surface area contributed by atoms with Crippen molar-refractivity contribution in [1.82, 2.24) is 15.5 Å². The second-order valence-corrected chi connectivity index (χ2v) is 6.15. The summed E-state index contributed by atoms with van der Waals surface area (Å²) in [5, 5.41) is 6.30. The normalized spacial score (nSPS) is 11.8. The molecule has 0 fully saturated rings. The van der Waals surface area contributed by atoms with Crippen LogP contribution in [0.5, 0.6) is 11.5 Å². The molecule has 1 aromatic carbocycles. The van der Waals surface area contributed by atoms with Crippen LogP contribution >= 0.6 is 0 Å². The van der Waals surface area contributed by atoms with Gasteiger partial charge in [-0.25, -0.2) is 0 Å². The Morgan fingerprint density at radius 1 is 1.21 bits per heavy atom. The molecule has 0 aliphatic heterocycles. The Kier molecular flexibility index (Phi) is 11.9. The van der Waals surface area contributed by atoms with Gasteiger partial charge >= 0.3 is 6.61 Å². The number of aliphatic imine (C=N–C) groups is 1. The largest absolute Gasteiger partial charge is 0.493 e. The molecule has 0 aromatic heterocycles. The number of halogens is 2. The van der Waals surface area contributed by atoms with Crippen molar-refractivity contribution < 1.29 is 23.0 Å². The molecule has 2 N–H and O–H groups in total. The van der Waals surface area contributed by atoms with E-state index in [4.69, 9.17) is 9.47 Å². The van der Waals surface area contributed by atoms with Crippen LogP contribution in [0.1, 0.15) is 18.9 Å². The van der Waals surface area contributed by atoms with Crippen LogP contribution in [-0.4, -0.2) is 71.5 Å². The number of nitrogens with one attached hydrogen (secondary N) is 2. The summed E-state index contributed by atoms with van der Waals surface area (Å²) in [6.45, 7) is 2.89. The van der Waals surface area contributed by atoms with E-state index in [9.17, 15) is 8.78 Å². The highest BCUT2D eigenvalue weighted by atomic mass is 19.3. The van der Waals surface area contributed by atoms with Crippen molar-refractivity contribution >= 4 is 5.96 Å². The quantitative estimate of drug-likeness (QED) is 0.390. The van der Waals surface area contributed by atoms with Crippen molar-refractivity contribution in [1.29, 1.82) is 0 Å². The first-order chi connectivity index (χ1) is 13.5. The summed E-state index contributed by atoms with van der Waals surface area (Å²) in [6, 6.07) is 4.94. The zero-order valence-corrected chi connectivity index (χ0v) is 17.1. The lowest BCUT2D eigenvalue weighted by Gasteiger charge is -2.18. The first-order valence-corrected chi connectivity index (χ1v) is 9.32. The first kappa shape index (κ1) is 23.9. The van der Waals surface area contributed by atoms with Crippen LogP contribution in [0.25, 0.3) is 0 Å². The Hall–Kier alpha value is -2.13. The van der Waals surface area contributed by atoms with Crippen LogP contribution in [0.2, 0.25) is 0 Å². The fraction of sp³-hybridized carbons (Fsp3) is 0.632. The lowest BCUT2D eigenvalue weighted by Crippen LogP contribution is -2.41. The third-order valence-corrected chi connectivity index (χ3v) is 3.86. The van der Waals surface area contributed by atoms with Gasteiger partial charge in [0.15, 0.2) is 5.96 Å². The summed E-state index contributed by atoms with van der Waals surface area (Å²) >= 11 is 0. The Balaban J connectivity index is 2.60. The van der Waals surface area contributed by atoms with Crippen molar-refractivity contribution in [2.75, 3.05) is 54.1 Å². The van der Waals surface area contributed by atoms with Gasteiger partial charge in [-0.05, 0) is 25.6 Å². The highest BCUT2D eigenvalue weighted by Crippen LogP contribution is 2.26. The van der Waals surface area contributed by atoms with Crippen molar-refractivity contribution in [3.8, 4) is 11.5 Å². The summed E-state index contributed by atoms with van der Waals surface area (Å²) in [4.78, 5) is 6.28. The van der Waals surface area contributed by atoms with E-state index in [-0.39, 0.29) is 12.3 Å². The van der Waals surface area contributed by atoms with Crippen molar-refractivity contribution in [3.05, 3.63) is 23.8 Å². The van der Waals surface area contributed by atoms with E-state index >= 15 is 0 Å². The van der Waals surface area contributed by atoms with Crippen LogP contribution in [0.4, 0.5) is 8.78 Å². The second-order valence-electron chi connectivity index (χ2n) is 6.15. The van der Waals surface area contributed by atoms with Crippen molar-refractivity contribution in [2.24, 2.45) is 4.99 Å². The number of methoxy groups -OCH3 is 1. The molecule has 0 saturated heterocycles. The van der Waals surface area contributed by atoms with E-state index in [1.807, 2.05) is 14.0 Å². The predicted molar refractivity (Wildman–Crippen MR) is 106 cm³/mol. The maximum absolute atomic E-state index is 12.7. The van der Waals surface area contributed by atoms with Gasteiger partial charge in [0.1, 0.15) is 11.5 Å². The van der Waals surface area contributed by atoms with Gasteiger partial charge in [0.25, 0.3) is 0 Å². The van der Waals surface area contributed by atoms with Gasteiger partial charge < -0.3 is 29.7 Å². The van der Waals surface area contributed by atoms with Gasteiger partial charge in [0, 0.05) is 52.0 Å². The number of benzene rings is 1. The number of guanidine groups is 1. The van der Waals surface area contributed by atoms with Crippen molar-refractivity contribution in [2.45, 2.75) is 26.5 Å². The van der Waals surface area contributed by atoms with E-state index < -0.39 is 6.61 Å². The molecule has 1 aromatic rings. The molecule has 0 saturated carbocycles. The first-order valence-electron chi connectivity index (χ1n) is 9.32. The molecule has 0 aliphatic rings. The Bertz CT molecular complexity index is 588. The van der Waals surface area contributed by atoms with Gasteiger partial charge in [-0.2, -0.15) is 8.78 Å². The lowest BCUT2D eigenvalue weighted by molar-refractivity contribution is -0.0505.